The van der Waals surface area contributed by atoms with Gasteiger partial charge in [-0.2, -0.15) is 5.10 Å². The van der Waals surface area contributed by atoms with Gasteiger partial charge in [0.2, 0.25) is 10.0 Å². The van der Waals surface area contributed by atoms with Gasteiger partial charge < -0.3 is 0 Å². The van der Waals surface area contributed by atoms with E-state index >= 15 is 0 Å². The molecule has 0 atom stereocenters. The third kappa shape index (κ3) is 3.28. The summed E-state index contributed by atoms with van der Waals surface area (Å²) in [4.78, 5) is 9.07. The van der Waals surface area contributed by atoms with E-state index in [1.807, 2.05) is 17.7 Å². The lowest BCUT2D eigenvalue weighted by Gasteiger charge is -2.30. The fourth-order valence-electron chi connectivity index (χ4n) is 3.09. The van der Waals surface area contributed by atoms with Gasteiger partial charge in [0.25, 0.3) is 0 Å². The largest absolute Gasteiger partial charge is 0.264 e. The van der Waals surface area contributed by atoms with E-state index < -0.39 is 10.0 Å². The van der Waals surface area contributed by atoms with E-state index in [-0.39, 0.29) is 5.92 Å². The average molecular weight is 335 g/mol. The van der Waals surface area contributed by atoms with Crippen LogP contribution in [0.25, 0.3) is 11.4 Å². The molecule has 0 N–H and O–H groups in total. The smallest absolute Gasteiger partial charge is 0.211 e. The van der Waals surface area contributed by atoms with E-state index in [4.69, 9.17) is 0 Å². The number of piperidine rings is 1. The highest BCUT2D eigenvalue weighted by Crippen LogP contribution is 2.33. The van der Waals surface area contributed by atoms with Crippen LogP contribution in [-0.2, 0) is 16.6 Å². The van der Waals surface area contributed by atoms with Crippen molar-refractivity contribution in [2.45, 2.75) is 32.2 Å². The Morgan fingerprint density at radius 1 is 1.17 bits per heavy atom. The summed E-state index contributed by atoms with van der Waals surface area (Å²) < 4.78 is 26.7. The zero-order valence-electron chi connectivity index (χ0n) is 13.4. The summed E-state index contributed by atoms with van der Waals surface area (Å²) in [6.45, 7) is 3.88. The van der Waals surface area contributed by atoms with Crippen LogP contribution in [0, 0.1) is 0 Å². The molecule has 8 heteroatoms. The van der Waals surface area contributed by atoms with Crippen molar-refractivity contribution >= 4 is 10.0 Å². The van der Waals surface area contributed by atoms with Gasteiger partial charge in [0, 0.05) is 44.1 Å². The molecule has 1 aliphatic rings. The van der Waals surface area contributed by atoms with Crippen molar-refractivity contribution in [2.75, 3.05) is 19.3 Å². The molecular formula is C15H21N5O2S. The number of aryl methyl sites for hydroxylation is 1. The van der Waals surface area contributed by atoms with Crippen molar-refractivity contribution in [1.29, 1.82) is 0 Å². The van der Waals surface area contributed by atoms with Gasteiger partial charge in [0.05, 0.1) is 17.6 Å². The predicted molar refractivity (Wildman–Crippen MR) is 87.3 cm³/mol. The molecule has 7 nitrogen and oxygen atoms in total. The summed E-state index contributed by atoms with van der Waals surface area (Å²) in [6, 6.07) is 1.95. The minimum absolute atomic E-state index is 0.219. The zero-order chi connectivity index (χ0) is 16.4. The first-order valence-corrected chi connectivity index (χ1v) is 9.63. The number of hydrogen-bond donors (Lipinski definition) is 0. The minimum atomic E-state index is -3.11. The van der Waals surface area contributed by atoms with Gasteiger partial charge in [0.1, 0.15) is 5.69 Å². The summed E-state index contributed by atoms with van der Waals surface area (Å²) in [7, 11) is -3.11. The van der Waals surface area contributed by atoms with Gasteiger partial charge in [-0.25, -0.2) is 12.7 Å². The Labute approximate surface area is 136 Å². The van der Waals surface area contributed by atoms with Crippen LogP contribution in [0.5, 0.6) is 0 Å². The highest BCUT2D eigenvalue weighted by atomic mass is 32.2. The molecule has 1 fully saturated rings. The van der Waals surface area contributed by atoms with E-state index in [1.54, 1.807) is 18.6 Å². The molecule has 0 aliphatic carbocycles. The Kier molecular flexibility index (Phi) is 4.45. The quantitative estimate of drug-likeness (QED) is 0.846. The van der Waals surface area contributed by atoms with Crippen LogP contribution in [0.4, 0.5) is 0 Å². The lowest BCUT2D eigenvalue weighted by atomic mass is 9.92. The monoisotopic (exact) mass is 335 g/mol. The first-order chi connectivity index (χ1) is 11.0. The summed E-state index contributed by atoms with van der Waals surface area (Å²) in [5, 5.41) is 4.30. The van der Waals surface area contributed by atoms with Crippen molar-refractivity contribution < 1.29 is 8.42 Å². The third-order valence-electron chi connectivity index (χ3n) is 4.29. The van der Waals surface area contributed by atoms with Crippen molar-refractivity contribution in [3.8, 4) is 11.4 Å². The van der Waals surface area contributed by atoms with Gasteiger partial charge in [-0.05, 0) is 25.8 Å². The van der Waals surface area contributed by atoms with Crippen molar-refractivity contribution in [2.24, 2.45) is 0 Å². The van der Waals surface area contributed by atoms with Gasteiger partial charge in [-0.15, -0.1) is 0 Å². The summed E-state index contributed by atoms with van der Waals surface area (Å²) in [5.41, 5.74) is 2.75. The minimum Gasteiger partial charge on any atom is -0.264 e. The third-order valence-corrected chi connectivity index (χ3v) is 5.60. The maximum Gasteiger partial charge on any atom is 0.211 e. The molecule has 124 valence electrons. The lowest BCUT2D eigenvalue weighted by molar-refractivity contribution is 0.318. The van der Waals surface area contributed by atoms with Crippen LogP contribution in [0.2, 0.25) is 0 Å². The normalized spacial score (nSPS) is 17.5. The topological polar surface area (TPSA) is 81.0 Å². The maximum atomic E-state index is 11.7. The molecular weight excluding hydrogens is 314 g/mol. The van der Waals surface area contributed by atoms with Crippen molar-refractivity contribution in [1.82, 2.24) is 24.1 Å². The molecule has 2 aromatic rings. The van der Waals surface area contributed by atoms with Gasteiger partial charge in [-0.1, -0.05) is 0 Å². The summed E-state index contributed by atoms with van der Waals surface area (Å²) in [5.74, 6) is 0.219. The molecule has 0 bridgehead atoms. The van der Waals surface area contributed by atoms with E-state index in [2.05, 4.69) is 15.1 Å². The Morgan fingerprint density at radius 2 is 1.87 bits per heavy atom. The molecule has 1 saturated heterocycles. The second-order valence-electron chi connectivity index (χ2n) is 5.76. The van der Waals surface area contributed by atoms with Crippen LogP contribution in [0.3, 0.4) is 0 Å². The van der Waals surface area contributed by atoms with Crippen LogP contribution in [0.15, 0.2) is 24.7 Å². The Hall–Kier alpha value is -1.80. The molecule has 1 aliphatic heterocycles. The van der Waals surface area contributed by atoms with Gasteiger partial charge >= 0.3 is 0 Å². The summed E-state index contributed by atoms with van der Waals surface area (Å²) in [6.07, 6.45) is 7.95. The predicted octanol–water partition coefficient (Wildman–Crippen LogP) is 1.50. The highest BCUT2D eigenvalue weighted by Gasteiger charge is 2.28. The van der Waals surface area contributed by atoms with Gasteiger partial charge in [0.15, 0.2) is 0 Å². The van der Waals surface area contributed by atoms with Crippen molar-refractivity contribution in [3.63, 3.8) is 0 Å². The Balaban J connectivity index is 1.88. The highest BCUT2D eigenvalue weighted by molar-refractivity contribution is 7.88. The molecule has 0 spiro atoms. The molecule has 0 aromatic carbocycles. The van der Waals surface area contributed by atoms with Crippen LogP contribution in [-0.4, -0.2) is 51.8 Å². The molecule has 3 heterocycles. The van der Waals surface area contributed by atoms with E-state index in [9.17, 15) is 8.42 Å². The van der Waals surface area contributed by atoms with E-state index in [1.165, 1.54) is 10.6 Å². The fourth-order valence-corrected chi connectivity index (χ4v) is 3.97. The van der Waals surface area contributed by atoms with Crippen LogP contribution in [0.1, 0.15) is 31.4 Å². The first kappa shape index (κ1) is 16.1. The summed E-state index contributed by atoms with van der Waals surface area (Å²) >= 11 is 0. The first-order valence-electron chi connectivity index (χ1n) is 7.79. The molecule has 3 rings (SSSR count). The molecule has 0 saturated carbocycles. The number of sulfonamides is 1. The number of rotatable bonds is 4. The second-order valence-corrected chi connectivity index (χ2v) is 7.74. The van der Waals surface area contributed by atoms with E-state index in [0.29, 0.717) is 13.1 Å². The Bertz CT molecular complexity index is 779. The number of hydrogen-bond acceptors (Lipinski definition) is 5. The van der Waals surface area contributed by atoms with Crippen molar-refractivity contribution in [3.05, 3.63) is 30.4 Å². The SMILES string of the molecule is CCn1nccc1-c1nccnc1C1CCN(S(C)(=O)=O)CC1. The maximum absolute atomic E-state index is 11.7. The average Bonchev–Trinajstić information content (AvgIpc) is 3.02. The Morgan fingerprint density at radius 3 is 2.52 bits per heavy atom. The molecule has 23 heavy (non-hydrogen) atoms. The fraction of sp³-hybridized carbons (Fsp3) is 0.533. The molecule has 0 amide bonds. The van der Waals surface area contributed by atoms with E-state index in [0.717, 1.165) is 36.5 Å². The number of aromatic nitrogens is 4. The lowest BCUT2D eigenvalue weighted by Crippen LogP contribution is -2.37. The molecule has 2 aromatic heterocycles. The second kappa shape index (κ2) is 6.37. The van der Waals surface area contributed by atoms with Crippen LogP contribution < -0.4 is 0 Å². The van der Waals surface area contributed by atoms with Gasteiger partial charge in [-0.3, -0.25) is 14.6 Å². The molecule has 0 unspecified atom stereocenters. The molecule has 0 radical (unpaired) electrons. The zero-order valence-corrected chi connectivity index (χ0v) is 14.2. The standard InChI is InChI=1S/C15H21N5O2S/c1-3-20-13(4-7-18-20)15-14(16-8-9-17-15)12-5-10-19(11-6-12)23(2,21)22/h4,7-9,12H,3,5-6,10-11H2,1-2H3. The van der Waals surface area contributed by atoms with Crippen LogP contribution >= 0.6 is 0 Å². The number of nitrogens with zero attached hydrogens (tertiary/aromatic N) is 5.